The molecule has 0 saturated heterocycles. The van der Waals surface area contributed by atoms with Crippen molar-refractivity contribution in [2.24, 2.45) is 0 Å². The first-order valence-electron chi connectivity index (χ1n) is 5.12. The van der Waals surface area contributed by atoms with Crippen molar-refractivity contribution >= 4 is 18.1 Å². The molecule has 0 saturated carbocycles. The molecule has 2 aromatic heterocycles. The third-order valence-electron chi connectivity index (χ3n) is 2.85. The maximum atomic E-state index is 10.8. The number of aromatic nitrogens is 2. The third kappa shape index (κ3) is 1.39. The van der Waals surface area contributed by atoms with Gasteiger partial charge in [-0.1, -0.05) is 0 Å². The number of carbonyl (C=O) groups is 2. The average Bonchev–Trinajstić information content (AvgIpc) is 2.84. The van der Waals surface area contributed by atoms with Gasteiger partial charge in [-0.05, 0) is 0 Å². The summed E-state index contributed by atoms with van der Waals surface area (Å²) < 4.78 is 7.06. The molecular weight excluding hydrogens is 226 g/mol. The van der Waals surface area contributed by atoms with E-state index < -0.39 is 6.09 Å². The van der Waals surface area contributed by atoms with Gasteiger partial charge in [0.25, 0.3) is 0 Å². The van der Waals surface area contributed by atoms with Crippen LogP contribution in [0.15, 0.2) is 10.5 Å². The van der Waals surface area contributed by atoms with Gasteiger partial charge in [0.1, 0.15) is 11.5 Å². The Morgan fingerprint density at radius 2 is 2.41 bits per heavy atom. The van der Waals surface area contributed by atoms with Gasteiger partial charge in [-0.25, -0.2) is 9.31 Å². The summed E-state index contributed by atoms with van der Waals surface area (Å²) in [4.78, 5) is 22.7. The summed E-state index contributed by atoms with van der Waals surface area (Å²) in [6.45, 7) is 0.637. The van der Waals surface area contributed by atoms with Crippen LogP contribution in [-0.4, -0.2) is 38.5 Å². The van der Waals surface area contributed by atoms with Crippen molar-refractivity contribution in [3.63, 3.8) is 0 Å². The summed E-state index contributed by atoms with van der Waals surface area (Å²) in [5.74, 6) is 0.596. The van der Waals surface area contributed by atoms with E-state index in [1.807, 2.05) is 0 Å². The Kier molecular flexibility index (Phi) is 1.94. The molecular formula is C10H9N3O4. The highest BCUT2D eigenvalue weighted by atomic mass is 16.4. The zero-order valence-electron chi connectivity index (χ0n) is 8.79. The second-order valence-corrected chi connectivity index (χ2v) is 3.86. The van der Waals surface area contributed by atoms with Crippen LogP contribution >= 0.6 is 0 Å². The highest BCUT2D eigenvalue weighted by Gasteiger charge is 2.26. The molecule has 2 aromatic rings. The van der Waals surface area contributed by atoms with Gasteiger partial charge in [0.15, 0.2) is 6.29 Å². The summed E-state index contributed by atoms with van der Waals surface area (Å²) in [6, 6.07) is 1.54. The topological polar surface area (TPSA) is 88.1 Å². The fourth-order valence-corrected chi connectivity index (χ4v) is 2.03. The van der Waals surface area contributed by atoms with E-state index in [0.29, 0.717) is 36.4 Å². The van der Waals surface area contributed by atoms with Crippen LogP contribution in [0.3, 0.4) is 0 Å². The first-order valence-corrected chi connectivity index (χ1v) is 5.12. The van der Waals surface area contributed by atoms with Gasteiger partial charge < -0.3 is 14.4 Å². The van der Waals surface area contributed by atoms with Gasteiger partial charge in [-0.3, -0.25) is 4.79 Å². The number of nitrogens with zero attached hydrogens (tertiary/aromatic N) is 3. The van der Waals surface area contributed by atoms with Gasteiger partial charge in [-0.2, -0.15) is 5.10 Å². The molecule has 1 amide bonds. The van der Waals surface area contributed by atoms with Crippen LogP contribution in [0.4, 0.5) is 4.79 Å². The van der Waals surface area contributed by atoms with E-state index in [4.69, 9.17) is 9.52 Å². The van der Waals surface area contributed by atoms with E-state index in [-0.39, 0.29) is 6.54 Å². The lowest BCUT2D eigenvalue weighted by atomic mass is 10.2. The lowest BCUT2D eigenvalue weighted by Crippen LogP contribution is -2.34. The second kappa shape index (κ2) is 3.34. The van der Waals surface area contributed by atoms with Crippen molar-refractivity contribution in [3.05, 3.63) is 23.2 Å². The number of rotatable bonds is 1. The third-order valence-corrected chi connectivity index (χ3v) is 2.85. The van der Waals surface area contributed by atoms with Gasteiger partial charge in [0, 0.05) is 19.0 Å². The highest BCUT2D eigenvalue weighted by Crippen LogP contribution is 2.23. The van der Waals surface area contributed by atoms with Crippen molar-refractivity contribution in [3.8, 4) is 0 Å². The number of carboxylic acid groups (broad SMARTS) is 1. The number of fused-ring (bicyclic) bond motifs is 3. The van der Waals surface area contributed by atoms with E-state index in [2.05, 4.69) is 5.10 Å². The maximum Gasteiger partial charge on any atom is 0.407 e. The molecule has 1 N–H and O–H groups in total. The van der Waals surface area contributed by atoms with Crippen LogP contribution in [0.2, 0.25) is 0 Å². The van der Waals surface area contributed by atoms with E-state index in [1.54, 1.807) is 4.52 Å². The second-order valence-electron chi connectivity index (χ2n) is 3.86. The Balaban J connectivity index is 2.05. The predicted molar refractivity (Wildman–Crippen MR) is 55.0 cm³/mol. The first-order chi connectivity index (χ1) is 8.19. The molecule has 0 aromatic carbocycles. The number of oxazole rings is 1. The number of hydrogen-bond donors (Lipinski definition) is 1. The lowest BCUT2D eigenvalue weighted by molar-refractivity contribution is 0.111. The molecule has 0 fully saturated rings. The van der Waals surface area contributed by atoms with Gasteiger partial charge >= 0.3 is 6.09 Å². The minimum absolute atomic E-state index is 0.227. The maximum absolute atomic E-state index is 10.8. The minimum Gasteiger partial charge on any atom is -0.465 e. The molecule has 0 bridgehead atoms. The molecule has 7 heteroatoms. The molecule has 0 radical (unpaired) electrons. The summed E-state index contributed by atoms with van der Waals surface area (Å²) in [5.41, 5.74) is 1.63. The average molecular weight is 235 g/mol. The summed E-state index contributed by atoms with van der Waals surface area (Å²) in [6.07, 6.45) is 0.230. The highest BCUT2D eigenvalue weighted by molar-refractivity contribution is 5.74. The minimum atomic E-state index is -0.960. The number of carbonyl (C=O) groups excluding carboxylic acids is 1. The summed E-state index contributed by atoms with van der Waals surface area (Å²) >= 11 is 0. The monoisotopic (exact) mass is 235 g/mol. The molecule has 17 heavy (non-hydrogen) atoms. The number of amides is 1. The van der Waals surface area contributed by atoms with E-state index in [9.17, 15) is 9.59 Å². The van der Waals surface area contributed by atoms with Crippen LogP contribution in [0.25, 0.3) is 5.71 Å². The van der Waals surface area contributed by atoms with Gasteiger partial charge in [-0.15, -0.1) is 0 Å². The van der Waals surface area contributed by atoms with Crippen molar-refractivity contribution in [1.29, 1.82) is 0 Å². The smallest absolute Gasteiger partial charge is 0.407 e. The molecule has 88 valence electrons. The quantitative estimate of drug-likeness (QED) is 0.738. The van der Waals surface area contributed by atoms with Crippen molar-refractivity contribution in [2.45, 2.75) is 13.0 Å². The zero-order chi connectivity index (χ0) is 12.0. The normalized spacial score (nSPS) is 14.9. The Bertz CT molecular complexity index is 612. The molecule has 1 aliphatic heterocycles. The molecule has 3 rings (SSSR count). The molecule has 0 spiro atoms. The SMILES string of the molecule is O=Cc1cc2oc3c(n2n1)CCN(C(=O)O)C3. The van der Waals surface area contributed by atoms with Crippen LogP contribution in [-0.2, 0) is 13.0 Å². The van der Waals surface area contributed by atoms with Crippen LogP contribution in [0, 0.1) is 0 Å². The fraction of sp³-hybridized carbons (Fsp3) is 0.300. The molecule has 0 unspecified atom stereocenters. The van der Waals surface area contributed by atoms with Crippen molar-refractivity contribution < 1.29 is 19.1 Å². The van der Waals surface area contributed by atoms with Gasteiger partial charge in [0.05, 0.1) is 12.2 Å². The Morgan fingerprint density at radius 1 is 1.59 bits per heavy atom. The molecule has 0 aliphatic carbocycles. The largest absolute Gasteiger partial charge is 0.465 e. The Labute approximate surface area is 95.2 Å². The first kappa shape index (κ1) is 9.88. The van der Waals surface area contributed by atoms with Crippen LogP contribution in [0.5, 0.6) is 0 Å². The standard InChI is InChI=1S/C10H9N3O4/c14-5-6-3-9-13(11-6)7-1-2-12(10(15)16)4-8(7)17-9/h3,5H,1-2,4H2,(H,15,16). The van der Waals surface area contributed by atoms with Crippen LogP contribution < -0.4 is 0 Å². The number of aldehydes is 1. The van der Waals surface area contributed by atoms with Gasteiger partial charge in [0.2, 0.25) is 5.71 Å². The number of hydrogen-bond acceptors (Lipinski definition) is 4. The lowest BCUT2D eigenvalue weighted by Gasteiger charge is -2.22. The molecule has 7 nitrogen and oxygen atoms in total. The summed E-state index contributed by atoms with van der Waals surface area (Å²) in [5, 5.41) is 13.0. The Hall–Kier alpha value is -2.31. The zero-order valence-corrected chi connectivity index (χ0v) is 8.79. The van der Waals surface area contributed by atoms with E-state index in [0.717, 1.165) is 5.69 Å². The summed E-state index contributed by atoms with van der Waals surface area (Å²) in [7, 11) is 0. The fourth-order valence-electron chi connectivity index (χ4n) is 2.03. The molecule has 1 aliphatic rings. The van der Waals surface area contributed by atoms with Crippen molar-refractivity contribution in [1.82, 2.24) is 14.5 Å². The van der Waals surface area contributed by atoms with Crippen molar-refractivity contribution in [2.75, 3.05) is 6.54 Å². The predicted octanol–water partition coefficient (Wildman–Crippen LogP) is 0.776. The van der Waals surface area contributed by atoms with Crippen LogP contribution in [0.1, 0.15) is 21.9 Å². The Morgan fingerprint density at radius 3 is 3.12 bits per heavy atom. The van der Waals surface area contributed by atoms with E-state index >= 15 is 0 Å². The van der Waals surface area contributed by atoms with E-state index in [1.165, 1.54) is 11.0 Å². The molecule has 0 atom stereocenters. The molecule has 3 heterocycles.